The van der Waals surface area contributed by atoms with Crippen LogP contribution in [-0.4, -0.2) is 35.1 Å². The Labute approximate surface area is 225 Å². The molecule has 1 aliphatic heterocycles. The van der Waals surface area contributed by atoms with E-state index in [1.807, 2.05) is 37.3 Å². The van der Waals surface area contributed by atoms with Crippen molar-refractivity contribution in [1.82, 2.24) is 4.90 Å². The van der Waals surface area contributed by atoms with E-state index >= 15 is 0 Å². The van der Waals surface area contributed by atoms with E-state index in [0.717, 1.165) is 28.3 Å². The van der Waals surface area contributed by atoms with Crippen molar-refractivity contribution in [2.45, 2.75) is 13.5 Å². The van der Waals surface area contributed by atoms with Gasteiger partial charge in [-0.25, -0.2) is 4.39 Å². The normalized spacial score (nSPS) is 14.2. The predicted octanol–water partition coefficient (Wildman–Crippen LogP) is 6.24. The summed E-state index contributed by atoms with van der Waals surface area (Å²) in [5.74, 6) is -0.716. The van der Waals surface area contributed by atoms with E-state index in [-0.39, 0.29) is 10.6 Å². The van der Waals surface area contributed by atoms with Gasteiger partial charge in [0.25, 0.3) is 11.1 Å². The Morgan fingerprint density at radius 2 is 1.81 bits per heavy atom. The molecule has 0 aromatic heterocycles. The first-order chi connectivity index (χ1) is 17.8. The van der Waals surface area contributed by atoms with Gasteiger partial charge in [-0.15, -0.1) is 0 Å². The quantitative estimate of drug-likeness (QED) is 0.300. The average Bonchev–Trinajstić information content (AvgIpc) is 3.13. The number of carbonyl (C=O) groups is 3. The molecule has 0 unspecified atom stereocenters. The highest BCUT2D eigenvalue weighted by atomic mass is 79.9. The smallest absolute Gasteiger partial charge is 0.294 e. The monoisotopic (exact) mass is 584 g/mol. The molecule has 1 saturated heterocycles. The van der Waals surface area contributed by atoms with Crippen molar-refractivity contribution in [2.75, 3.05) is 18.5 Å². The van der Waals surface area contributed by atoms with Gasteiger partial charge in [0.15, 0.2) is 11.5 Å². The SMILES string of the molecule is CCOc1cc(/C=C2/SC(=O)N(CC(=O)Nc3cccc(F)c3)C2=O)c(Br)cc1OCc1ccccc1. The lowest BCUT2D eigenvalue weighted by Gasteiger charge is -2.14. The second-order valence-electron chi connectivity index (χ2n) is 7.85. The van der Waals surface area contributed by atoms with Crippen LogP contribution >= 0.6 is 27.7 Å². The van der Waals surface area contributed by atoms with Crippen LogP contribution in [0, 0.1) is 5.82 Å². The third kappa shape index (κ3) is 6.78. The fourth-order valence-electron chi connectivity index (χ4n) is 3.47. The largest absolute Gasteiger partial charge is 0.490 e. The molecule has 3 aromatic rings. The zero-order valence-corrected chi connectivity index (χ0v) is 22.1. The number of nitrogens with one attached hydrogen (secondary N) is 1. The predicted molar refractivity (Wildman–Crippen MR) is 144 cm³/mol. The number of anilines is 1. The Morgan fingerprint density at radius 3 is 2.54 bits per heavy atom. The fraction of sp³-hybridized carbons (Fsp3) is 0.148. The molecule has 190 valence electrons. The number of amides is 3. The van der Waals surface area contributed by atoms with Gasteiger partial charge < -0.3 is 14.8 Å². The summed E-state index contributed by atoms with van der Waals surface area (Å²) in [5.41, 5.74) is 1.83. The maximum Gasteiger partial charge on any atom is 0.294 e. The first-order valence-electron chi connectivity index (χ1n) is 11.3. The summed E-state index contributed by atoms with van der Waals surface area (Å²) in [6.07, 6.45) is 1.56. The summed E-state index contributed by atoms with van der Waals surface area (Å²) >= 11 is 4.24. The second-order valence-corrected chi connectivity index (χ2v) is 9.70. The van der Waals surface area contributed by atoms with Gasteiger partial charge in [-0.3, -0.25) is 19.3 Å². The van der Waals surface area contributed by atoms with E-state index in [4.69, 9.17) is 9.47 Å². The van der Waals surface area contributed by atoms with Crippen molar-refractivity contribution >= 4 is 56.5 Å². The molecule has 0 radical (unpaired) electrons. The number of imide groups is 1. The van der Waals surface area contributed by atoms with Crippen LogP contribution in [0.25, 0.3) is 6.08 Å². The highest BCUT2D eigenvalue weighted by Gasteiger charge is 2.36. The number of hydrogen-bond acceptors (Lipinski definition) is 6. The Morgan fingerprint density at radius 1 is 1.05 bits per heavy atom. The Bertz CT molecular complexity index is 1370. The van der Waals surface area contributed by atoms with Gasteiger partial charge in [0.05, 0.1) is 11.5 Å². The Balaban J connectivity index is 1.49. The van der Waals surface area contributed by atoms with E-state index in [1.165, 1.54) is 18.2 Å². The first-order valence-corrected chi connectivity index (χ1v) is 12.9. The number of thioether (sulfide) groups is 1. The fourth-order valence-corrected chi connectivity index (χ4v) is 4.73. The third-order valence-electron chi connectivity index (χ3n) is 5.17. The summed E-state index contributed by atoms with van der Waals surface area (Å²) in [6.45, 7) is 2.11. The molecular weight excluding hydrogens is 563 g/mol. The van der Waals surface area contributed by atoms with Crippen LogP contribution in [0.5, 0.6) is 11.5 Å². The molecule has 0 aliphatic carbocycles. The third-order valence-corrected chi connectivity index (χ3v) is 6.76. The summed E-state index contributed by atoms with van der Waals surface area (Å²) in [7, 11) is 0. The molecule has 0 saturated carbocycles. The van der Waals surface area contributed by atoms with Crippen LogP contribution in [0.3, 0.4) is 0 Å². The van der Waals surface area contributed by atoms with Crippen LogP contribution in [0.2, 0.25) is 0 Å². The lowest BCUT2D eigenvalue weighted by atomic mass is 10.1. The minimum Gasteiger partial charge on any atom is -0.490 e. The molecule has 3 aromatic carbocycles. The van der Waals surface area contributed by atoms with Gasteiger partial charge in [0, 0.05) is 10.2 Å². The molecule has 37 heavy (non-hydrogen) atoms. The molecule has 3 amide bonds. The lowest BCUT2D eigenvalue weighted by molar-refractivity contribution is -0.127. The van der Waals surface area contributed by atoms with Crippen molar-refractivity contribution in [2.24, 2.45) is 0 Å². The van der Waals surface area contributed by atoms with Crippen LogP contribution in [0.1, 0.15) is 18.1 Å². The Kier molecular flexibility index (Phi) is 8.62. The number of benzene rings is 3. The second kappa shape index (κ2) is 12.1. The highest BCUT2D eigenvalue weighted by molar-refractivity contribution is 9.10. The topological polar surface area (TPSA) is 84.9 Å². The van der Waals surface area contributed by atoms with Gasteiger partial charge >= 0.3 is 0 Å². The molecule has 1 aliphatic rings. The molecule has 1 fully saturated rings. The summed E-state index contributed by atoms with van der Waals surface area (Å²) in [4.78, 5) is 38.8. The Hall–Kier alpha value is -3.63. The number of ether oxygens (including phenoxy) is 2. The molecule has 4 rings (SSSR count). The average molecular weight is 585 g/mol. The zero-order chi connectivity index (χ0) is 26.4. The van der Waals surface area contributed by atoms with Gasteiger partial charge in [0.2, 0.25) is 5.91 Å². The van der Waals surface area contributed by atoms with Crippen LogP contribution < -0.4 is 14.8 Å². The number of rotatable bonds is 9. The summed E-state index contributed by atoms with van der Waals surface area (Å²) < 4.78 is 25.7. The zero-order valence-electron chi connectivity index (χ0n) is 19.7. The van der Waals surface area contributed by atoms with Crippen molar-refractivity contribution in [3.8, 4) is 11.5 Å². The molecule has 7 nitrogen and oxygen atoms in total. The number of halogens is 2. The summed E-state index contributed by atoms with van der Waals surface area (Å²) in [5, 5.41) is 1.91. The number of nitrogens with zero attached hydrogens (tertiary/aromatic N) is 1. The summed E-state index contributed by atoms with van der Waals surface area (Å²) in [6, 6.07) is 18.5. The molecular formula is C27H22BrFN2O5S. The maximum absolute atomic E-state index is 13.4. The van der Waals surface area contributed by atoms with Crippen LogP contribution in [0.15, 0.2) is 76.1 Å². The van der Waals surface area contributed by atoms with Crippen molar-refractivity contribution in [3.05, 3.63) is 93.1 Å². The van der Waals surface area contributed by atoms with Gasteiger partial charge in [-0.1, -0.05) is 52.3 Å². The minimum atomic E-state index is -0.617. The highest BCUT2D eigenvalue weighted by Crippen LogP contribution is 2.38. The molecule has 0 atom stereocenters. The first kappa shape index (κ1) is 26.4. The minimum absolute atomic E-state index is 0.157. The van der Waals surface area contributed by atoms with E-state index < -0.39 is 29.4 Å². The van der Waals surface area contributed by atoms with Crippen LogP contribution in [0.4, 0.5) is 14.9 Å². The number of hydrogen-bond donors (Lipinski definition) is 1. The number of carbonyl (C=O) groups excluding carboxylic acids is 3. The van der Waals surface area contributed by atoms with Gasteiger partial charge in [0.1, 0.15) is 19.0 Å². The van der Waals surface area contributed by atoms with Gasteiger partial charge in [-0.2, -0.15) is 0 Å². The van der Waals surface area contributed by atoms with E-state index in [2.05, 4.69) is 21.2 Å². The molecule has 1 heterocycles. The standard InChI is InChI=1S/C27H22BrFN2O5S/c1-2-35-22-11-18(21(28)14-23(22)36-16-17-7-4-3-5-8-17)12-24-26(33)31(27(34)37-24)15-25(32)30-20-10-6-9-19(29)13-20/h3-14H,2,15-16H2,1H3,(H,30,32)/b24-12+. The van der Waals surface area contributed by atoms with Crippen molar-refractivity contribution < 1.29 is 28.2 Å². The lowest BCUT2D eigenvalue weighted by Crippen LogP contribution is -2.36. The van der Waals surface area contributed by atoms with Gasteiger partial charge in [-0.05, 0) is 66.2 Å². The van der Waals surface area contributed by atoms with Crippen molar-refractivity contribution in [1.29, 1.82) is 0 Å². The van der Waals surface area contributed by atoms with E-state index in [1.54, 1.807) is 18.2 Å². The van der Waals surface area contributed by atoms with E-state index in [9.17, 15) is 18.8 Å². The van der Waals surface area contributed by atoms with E-state index in [0.29, 0.717) is 34.7 Å². The molecule has 10 heteroatoms. The molecule has 0 spiro atoms. The molecule has 1 N–H and O–H groups in total. The van der Waals surface area contributed by atoms with Crippen LogP contribution in [-0.2, 0) is 16.2 Å². The maximum atomic E-state index is 13.4. The molecule has 0 bridgehead atoms. The van der Waals surface area contributed by atoms with Crippen molar-refractivity contribution in [3.63, 3.8) is 0 Å².